The number of benzene rings is 8. The van der Waals surface area contributed by atoms with Crippen LogP contribution in [0, 0.1) is 0 Å². The second kappa shape index (κ2) is 13.3. The minimum Gasteiger partial charge on any atom is -0.454 e. The molecule has 8 aromatic carbocycles. The molecule has 1 aromatic heterocycles. The number of aromatic nitrogens is 3. The zero-order valence-corrected chi connectivity index (χ0v) is 29.2. The van der Waals surface area contributed by atoms with E-state index < -0.39 is 0 Å². The molecule has 0 aliphatic carbocycles. The van der Waals surface area contributed by atoms with Gasteiger partial charge in [-0.2, -0.15) is 0 Å². The average molecular weight is 693 g/mol. The maximum absolute atomic E-state index is 6.98. The van der Waals surface area contributed by atoms with Gasteiger partial charge in [0.15, 0.2) is 23.2 Å². The molecule has 10 rings (SSSR count). The third-order valence-corrected chi connectivity index (χ3v) is 9.93. The third-order valence-electron chi connectivity index (χ3n) is 9.93. The Labute approximate surface area is 313 Å². The van der Waals surface area contributed by atoms with Crippen LogP contribution in [0.1, 0.15) is 0 Å². The quantitative estimate of drug-likeness (QED) is 0.166. The van der Waals surface area contributed by atoms with Gasteiger partial charge in [0.05, 0.1) is 5.69 Å². The van der Waals surface area contributed by atoms with E-state index in [4.69, 9.17) is 19.7 Å². The monoisotopic (exact) mass is 692 g/mol. The SMILES string of the molecule is c1ccc(-c2ccc(N(c3ccccc3)c3cccc4c3Oc3ccc(-c5nc(-c6ccccc6)nc(-c6ccccc6)n5)c5cccc-4c35)cc2)cc1. The molecule has 0 amide bonds. The molecule has 0 atom stereocenters. The summed E-state index contributed by atoms with van der Waals surface area (Å²) < 4.78 is 6.98. The van der Waals surface area contributed by atoms with Crippen molar-refractivity contribution in [3.63, 3.8) is 0 Å². The van der Waals surface area contributed by atoms with Crippen LogP contribution in [0.15, 0.2) is 194 Å². The van der Waals surface area contributed by atoms with Crippen molar-refractivity contribution < 1.29 is 4.74 Å². The molecule has 0 saturated carbocycles. The summed E-state index contributed by atoms with van der Waals surface area (Å²) in [5.41, 5.74) is 10.3. The van der Waals surface area contributed by atoms with Gasteiger partial charge in [-0.25, -0.2) is 15.0 Å². The summed E-state index contributed by atoms with van der Waals surface area (Å²) in [7, 11) is 0. The molecule has 9 aromatic rings. The Hall–Kier alpha value is -7.37. The molecule has 0 spiro atoms. The van der Waals surface area contributed by atoms with Gasteiger partial charge in [0.25, 0.3) is 0 Å². The molecule has 2 heterocycles. The summed E-state index contributed by atoms with van der Waals surface area (Å²) in [6.45, 7) is 0. The molecule has 0 fully saturated rings. The Morgan fingerprint density at radius 2 is 0.870 bits per heavy atom. The van der Waals surface area contributed by atoms with Crippen LogP contribution in [0.2, 0.25) is 0 Å². The van der Waals surface area contributed by atoms with E-state index in [2.05, 4.69) is 126 Å². The Morgan fingerprint density at radius 3 is 1.52 bits per heavy atom. The lowest BCUT2D eigenvalue weighted by atomic mass is 9.91. The first kappa shape index (κ1) is 31.4. The van der Waals surface area contributed by atoms with E-state index in [0.29, 0.717) is 17.5 Å². The Morgan fingerprint density at radius 1 is 0.352 bits per heavy atom. The van der Waals surface area contributed by atoms with Gasteiger partial charge in [-0.15, -0.1) is 0 Å². The van der Waals surface area contributed by atoms with E-state index in [-0.39, 0.29) is 0 Å². The van der Waals surface area contributed by atoms with Crippen molar-refractivity contribution in [2.45, 2.75) is 0 Å². The van der Waals surface area contributed by atoms with E-state index in [1.807, 2.05) is 72.8 Å². The maximum atomic E-state index is 6.98. The summed E-state index contributed by atoms with van der Waals surface area (Å²) in [5, 5.41) is 2.04. The highest BCUT2D eigenvalue weighted by atomic mass is 16.5. The predicted octanol–water partition coefficient (Wildman–Crippen LogP) is 12.9. The van der Waals surface area contributed by atoms with Gasteiger partial charge in [-0.3, -0.25) is 0 Å². The van der Waals surface area contributed by atoms with Crippen molar-refractivity contribution in [2.75, 3.05) is 4.90 Å². The fraction of sp³-hybridized carbons (Fsp3) is 0. The van der Waals surface area contributed by atoms with Gasteiger partial charge in [0.2, 0.25) is 0 Å². The van der Waals surface area contributed by atoms with Crippen molar-refractivity contribution in [3.8, 4) is 67.9 Å². The molecule has 0 saturated heterocycles. The molecule has 0 radical (unpaired) electrons. The number of rotatable bonds is 7. The van der Waals surface area contributed by atoms with Crippen LogP contribution >= 0.6 is 0 Å². The Bertz CT molecular complexity index is 2710. The Kier molecular flexibility index (Phi) is 7.73. The lowest BCUT2D eigenvalue weighted by Gasteiger charge is -2.31. The number of ether oxygens (including phenoxy) is 1. The van der Waals surface area contributed by atoms with Crippen LogP contribution in [0.25, 0.3) is 67.2 Å². The van der Waals surface area contributed by atoms with Gasteiger partial charge >= 0.3 is 0 Å². The van der Waals surface area contributed by atoms with Gasteiger partial charge in [0.1, 0.15) is 5.75 Å². The molecule has 1 aliphatic heterocycles. The topological polar surface area (TPSA) is 51.1 Å². The van der Waals surface area contributed by atoms with Gasteiger partial charge in [-0.1, -0.05) is 152 Å². The molecule has 0 N–H and O–H groups in total. The maximum Gasteiger partial charge on any atom is 0.164 e. The lowest BCUT2D eigenvalue weighted by molar-refractivity contribution is 0.488. The molecule has 254 valence electrons. The van der Waals surface area contributed by atoms with E-state index in [1.54, 1.807) is 0 Å². The van der Waals surface area contributed by atoms with E-state index in [1.165, 1.54) is 11.1 Å². The first-order chi connectivity index (χ1) is 26.8. The first-order valence-electron chi connectivity index (χ1n) is 18.0. The summed E-state index contributed by atoms with van der Waals surface area (Å²) in [4.78, 5) is 17.3. The highest BCUT2D eigenvalue weighted by Crippen LogP contribution is 2.53. The van der Waals surface area contributed by atoms with Crippen LogP contribution in [-0.4, -0.2) is 15.0 Å². The molecule has 5 nitrogen and oxygen atoms in total. The van der Waals surface area contributed by atoms with Crippen molar-refractivity contribution in [1.29, 1.82) is 0 Å². The summed E-state index contributed by atoms with van der Waals surface area (Å²) >= 11 is 0. The molecule has 0 bridgehead atoms. The van der Waals surface area contributed by atoms with E-state index in [0.717, 1.165) is 67.2 Å². The fourth-order valence-electron chi connectivity index (χ4n) is 7.38. The first-order valence-corrected chi connectivity index (χ1v) is 18.0. The number of hydrogen-bond acceptors (Lipinski definition) is 5. The minimum absolute atomic E-state index is 0.611. The van der Waals surface area contributed by atoms with Crippen LogP contribution in [0.4, 0.5) is 17.1 Å². The molecule has 0 unspecified atom stereocenters. The average Bonchev–Trinajstić information content (AvgIpc) is 3.25. The molecular formula is C49H32N4O. The fourth-order valence-corrected chi connectivity index (χ4v) is 7.38. The van der Waals surface area contributed by atoms with Crippen molar-refractivity contribution in [3.05, 3.63) is 194 Å². The number of hydrogen-bond donors (Lipinski definition) is 0. The molecular weight excluding hydrogens is 661 g/mol. The lowest BCUT2D eigenvalue weighted by Crippen LogP contribution is -2.12. The minimum atomic E-state index is 0.611. The van der Waals surface area contributed by atoms with E-state index in [9.17, 15) is 0 Å². The van der Waals surface area contributed by atoms with Crippen molar-refractivity contribution >= 4 is 27.8 Å². The number of anilines is 3. The van der Waals surface area contributed by atoms with Crippen LogP contribution in [0.3, 0.4) is 0 Å². The van der Waals surface area contributed by atoms with Crippen LogP contribution in [-0.2, 0) is 0 Å². The largest absolute Gasteiger partial charge is 0.454 e. The van der Waals surface area contributed by atoms with Gasteiger partial charge in [-0.05, 0) is 64.5 Å². The van der Waals surface area contributed by atoms with Crippen molar-refractivity contribution in [2.24, 2.45) is 0 Å². The summed E-state index contributed by atoms with van der Waals surface area (Å²) in [6.07, 6.45) is 0. The smallest absolute Gasteiger partial charge is 0.164 e. The third kappa shape index (κ3) is 5.56. The van der Waals surface area contributed by atoms with E-state index >= 15 is 0 Å². The number of fused-ring (bicyclic) bond motifs is 2. The highest BCUT2D eigenvalue weighted by Gasteiger charge is 2.27. The van der Waals surface area contributed by atoms with Crippen LogP contribution < -0.4 is 9.64 Å². The number of nitrogens with zero attached hydrogens (tertiary/aromatic N) is 4. The second-order valence-electron chi connectivity index (χ2n) is 13.2. The zero-order valence-electron chi connectivity index (χ0n) is 29.2. The second-order valence-corrected chi connectivity index (χ2v) is 13.2. The van der Waals surface area contributed by atoms with Crippen LogP contribution in [0.5, 0.6) is 11.5 Å². The summed E-state index contributed by atoms with van der Waals surface area (Å²) in [6, 6.07) is 66.8. The highest BCUT2D eigenvalue weighted by molar-refractivity contribution is 6.10. The predicted molar refractivity (Wildman–Crippen MR) is 219 cm³/mol. The zero-order chi connectivity index (χ0) is 35.8. The molecule has 1 aliphatic rings. The summed E-state index contributed by atoms with van der Waals surface area (Å²) in [5.74, 6) is 3.46. The van der Waals surface area contributed by atoms with Gasteiger partial charge in [0, 0.05) is 39.0 Å². The molecule has 54 heavy (non-hydrogen) atoms. The van der Waals surface area contributed by atoms with Gasteiger partial charge < -0.3 is 9.64 Å². The van der Waals surface area contributed by atoms with Crippen molar-refractivity contribution in [1.82, 2.24) is 15.0 Å². The Balaban J connectivity index is 1.12. The standard InChI is InChI=1S/C49H32N4O/c1-5-15-33(16-6-1)34-27-29-38(30-28-34)53(37-21-11-4-12-22-37)43-26-14-25-41-39-23-13-24-40-42(31-32-44(45(39)40)54-46(41)43)49-51-47(35-17-7-2-8-18-35)50-48(52-49)36-19-9-3-10-20-36/h1-32H. The number of para-hydroxylation sites is 2. The normalized spacial score (nSPS) is 11.5. The molecule has 5 heteroatoms.